The maximum atomic E-state index is 9.26. The Morgan fingerprint density at radius 3 is 2.00 bits per heavy atom. The van der Waals surface area contributed by atoms with Crippen molar-refractivity contribution in [2.75, 3.05) is 23.6 Å². The molecule has 0 radical (unpaired) electrons. The zero-order chi connectivity index (χ0) is 8.53. The van der Waals surface area contributed by atoms with Gasteiger partial charge in [-0.05, 0) is 17.9 Å². The topological polar surface area (TPSA) is 49.3 Å². The number of amides is 1. The second kappa shape index (κ2) is 8.07. The molecule has 1 amide bonds. The lowest BCUT2D eigenvalue weighted by molar-refractivity contribution is 0.197. The normalized spacial score (nSPS) is 16.1. The van der Waals surface area contributed by atoms with Crippen molar-refractivity contribution in [1.82, 2.24) is 5.32 Å². The average molecular weight is 195 g/mol. The molecule has 66 valence electrons. The van der Waals surface area contributed by atoms with Crippen LogP contribution in [-0.4, -0.2) is 34.8 Å². The van der Waals surface area contributed by atoms with Gasteiger partial charge in [-0.15, -0.1) is 0 Å². The van der Waals surface area contributed by atoms with E-state index in [0.29, 0.717) is 0 Å². The predicted molar refractivity (Wildman–Crippen MR) is 51.5 cm³/mol. The Labute approximate surface area is 75.3 Å². The Morgan fingerprint density at radius 2 is 1.91 bits per heavy atom. The van der Waals surface area contributed by atoms with Crippen LogP contribution in [0.4, 0.5) is 4.79 Å². The summed E-state index contributed by atoms with van der Waals surface area (Å²) in [5.74, 6) is 2.79. The summed E-state index contributed by atoms with van der Waals surface area (Å²) in [4.78, 5) is 9.26. The monoisotopic (exact) mass is 195 g/mol. The molecule has 1 aliphatic rings. The predicted octanol–water partition coefficient (Wildman–Crippen LogP) is 1.70. The quantitative estimate of drug-likeness (QED) is 0.617. The van der Waals surface area contributed by atoms with E-state index in [1.165, 1.54) is 30.1 Å². The minimum Gasteiger partial charge on any atom is -0.465 e. The van der Waals surface area contributed by atoms with Gasteiger partial charge in [-0.2, -0.15) is 23.5 Å². The van der Waals surface area contributed by atoms with Crippen molar-refractivity contribution in [3.05, 3.63) is 0 Å². The zero-order valence-electron chi connectivity index (χ0n) is 6.50. The van der Waals surface area contributed by atoms with Gasteiger partial charge >= 0.3 is 6.09 Å². The number of hydrogen-bond donors (Lipinski definition) is 2. The molecule has 1 heterocycles. The molecule has 11 heavy (non-hydrogen) atoms. The van der Waals surface area contributed by atoms with Crippen molar-refractivity contribution in [1.29, 1.82) is 0 Å². The lowest BCUT2D eigenvalue weighted by atomic mass is 10.6. The largest absolute Gasteiger partial charge is 0.465 e. The number of nitrogens with one attached hydrogen (secondary N) is 1. The molecule has 0 spiro atoms. The number of carbonyl (C=O) groups is 1. The molecule has 0 atom stereocenters. The number of thioether (sulfide) groups is 2. The van der Waals surface area contributed by atoms with Gasteiger partial charge in [0.2, 0.25) is 0 Å². The lowest BCUT2D eigenvalue weighted by Crippen LogP contribution is -2.13. The van der Waals surface area contributed by atoms with E-state index in [2.05, 4.69) is 23.5 Å². The third-order valence-corrected chi connectivity index (χ3v) is 3.45. The third kappa shape index (κ3) is 9.97. The first-order valence-electron chi connectivity index (χ1n) is 3.33. The highest BCUT2D eigenvalue weighted by Crippen LogP contribution is 2.19. The fourth-order valence-electron chi connectivity index (χ4n) is 0.440. The maximum Gasteiger partial charge on any atom is 0.404 e. The van der Waals surface area contributed by atoms with Crippen LogP contribution in [0, 0.1) is 0 Å². The van der Waals surface area contributed by atoms with E-state index in [4.69, 9.17) is 5.11 Å². The summed E-state index contributed by atoms with van der Waals surface area (Å²) in [6, 6.07) is 0. The highest BCUT2D eigenvalue weighted by atomic mass is 32.2. The molecule has 1 aliphatic heterocycles. The van der Waals surface area contributed by atoms with Crippen LogP contribution in [-0.2, 0) is 0 Å². The SMILES string of the molecule is C1CSCSC1.CNC(=O)O. The van der Waals surface area contributed by atoms with Crippen LogP contribution >= 0.6 is 23.5 Å². The second-order valence-electron chi connectivity index (χ2n) is 1.84. The zero-order valence-corrected chi connectivity index (χ0v) is 8.13. The summed E-state index contributed by atoms with van der Waals surface area (Å²) in [7, 11) is 1.35. The van der Waals surface area contributed by atoms with Crippen molar-refractivity contribution < 1.29 is 9.90 Å². The van der Waals surface area contributed by atoms with Crippen molar-refractivity contribution in [2.45, 2.75) is 6.42 Å². The Kier molecular flexibility index (Phi) is 8.05. The van der Waals surface area contributed by atoms with Crippen LogP contribution < -0.4 is 5.32 Å². The molecule has 1 rings (SSSR count). The van der Waals surface area contributed by atoms with Gasteiger partial charge in [0.05, 0.1) is 0 Å². The van der Waals surface area contributed by atoms with Crippen LogP contribution in [0.15, 0.2) is 0 Å². The first-order valence-corrected chi connectivity index (χ1v) is 5.64. The minimum absolute atomic E-state index is 0.995. The van der Waals surface area contributed by atoms with Crippen molar-refractivity contribution in [2.24, 2.45) is 0 Å². The van der Waals surface area contributed by atoms with E-state index in [1.54, 1.807) is 0 Å². The van der Waals surface area contributed by atoms with Crippen molar-refractivity contribution in [3.8, 4) is 0 Å². The van der Waals surface area contributed by atoms with Gasteiger partial charge in [-0.25, -0.2) is 4.79 Å². The van der Waals surface area contributed by atoms with Crippen molar-refractivity contribution in [3.63, 3.8) is 0 Å². The van der Waals surface area contributed by atoms with Gasteiger partial charge < -0.3 is 10.4 Å². The van der Waals surface area contributed by atoms with Crippen molar-refractivity contribution >= 4 is 29.6 Å². The molecule has 5 heteroatoms. The third-order valence-electron chi connectivity index (χ3n) is 0.958. The average Bonchev–Trinajstić information content (AvgIpc) is 2.09. The van der Waals surface area contributed by atoms with Gasteiger partial charge in [-0.3, -0.25) is 0 Å². The molecule has 0 aromatic carbocycles. The molecular weight excluding hydrogens is 182 g/mol. The van der Waals surface area contributed by atoms with Crippen LogP contribution in [0.25, 0.3) is 0 Å². The summed E-state index contributed by atoms with van der Waals surface area (Å²) >= 11 is 4.12. The summed E-state index contributed by atoms with van der Waals surface area (Å²) in [6.07, 6.45) is 0.431. The molecule has 1 fully saturated rings. The number of rotatable bonds is 0. The van der Waals surface area contributed by atoms with Crippen LogP contribution in [0.1, 0.15) is 6.42 Å². The Hall–Kier alpha value is -0.0300. The standard InChI is InChI=1S/C4H8S2.C2H5NO2/c1-2-5-4-6-3-1;1-3-2(4)5/h1-4H2;3H,1H3,(H,4,5). The van der Waals surface area contributed by atoms with E-state index in [0.717, 1.165) is 0 Å². The first kappa shape index (κ1) is 11.0. The van der Waals surface area contributed by atoms with Gasteiger partial charge in [-0.1, -0.05) is 0 Å². The Balaban J connectivity index is 0.000000187. The summed E-state index contributed by atoms with van der Waals surface area (Å²) in [5, 5.41) is 10.9. The molecular formula is C6H13NO2S2. The Bertz CT molecular complexity index is 95.2. The highest BCUT2D eigenvalue weighted by Gasteiger charge is 1.95. The number of carboxylic acid groups (broad SMARTS) is 1. The molecule has 0 aromatic heterocycles. The molecule has 0 bridgehead atoms. The van der Waals surface area contributed by atoms with Crippen LogP contribution in [0.5, 0.6) is 0 Å². The van der Waals surface area contributed by atoms with Gasteiger partial charge in [0, 0.05) is 12.1 Å². The van der Waals surface area contributed by atoms with Crippen LogP contribution in [0.3, 0.4) is 0 Å². The molecule has 0 saturated carbocycles. The van der Waals surface area contributed by atoms with Gasteiger partial charge in [0.1, 0.15) is 0 Å². The van der Waals surface area contributed by atoms with Gasteiger partial charge in [0.25, 0.3) is 0 Å². The summed E-state index contributed by atoms with van der Waals surface area (Å²) in [5.41, 5.74) is 0. The fraction of sp³-hybridized carbons (Fsp3) is 0.833. The van der Waals surface area contributed by atoms with Crippen LogP contribution in [0.2, 0.25) is 0 Å². The van der Waals surface area contributed by atoms with E-state index < -0.39 is 6.09 Å². The van der Waals surface area contributed by atoms with E-state index in [-0.39, 0.29) is 0 Å². The molecule has 1 saturated heterocycles. The molecule has 0 unspecified atom stereocenters. The second-order valence-corrected chi connectivity index (χ2v) is 4.42. The smallest absolute Gasteiger partial charge is 0.404 e. The van der Waals surface area contributed by atoms with E-state index in [9.17, 15) is 4.79 Å². The van der Waals surface area contributed by atoms with E-state index >= 15 is 0 Å². The molecule has 0 aromatic rings. The van der Waals surface area contributed by atoms with E-state index in [1.807, 2.05) is 5.32 Å². The number of hydrogen-bond acceptors (Lipinski definition) is 3. The fourth-order valence-corrected chi connectivity index (χ4v) is 2.73. The van der Waals surface area contributed by atoms with Gasteiger partial charge in [0.15, 0.2) is 0 Å². The highest BCUT2D eigenvalue weighted by molar-refractivity contribution is 8.16. The lowest BCUT2D eigenvalue weighted by Gasteiger charge is -2.05. The minimum atomic E-state index is -0.995. The maximum absolute atomic E-state index is 9.26. The molecule has 2 N–H and O–H groups in total. The molecule has 0 aliphatic carbocycles. The summed E-state index contributed by atoms with van der Waals surface area (Å²) < 4.78 is 0. The Morgan fingerprint density at radius 1 is 1.45 bits per heavy atom. The molecule has 3 nitrogen and oxygen atoms in total. The summed E-state index contributed by atoms with van der Waals surface area (Å²) in [6.45, 7) is 0. The first-order chi connectivity index (χ1) is 5.27.